The number of rotatable bonds is 4. The van der Waals surface area contributed by atoms with E-state index in [0.29, 0.717) is 24.5 Å². The molecule has 28 heavy (non-hydrogen) atoms. The van der Waals surface area contributed by atoms with Crippen molar-refractivity contribution in [3.63, 3.8) is 0 Å². The maximum absolute atomic E-state index is 12.1. The monoisotopic (exact) mass is 385 g/mol. The maximum atomic E-state index is 12.1. The predicted molar refractivity (Wildman–Crippen MR) is 109 cm³/mol. The second-order valence-corrected chi connectivity index (χ2v) is 10.6. The second-order valence-electron chi connectivity index (χ2n) is 10.6. The molecule has 4 nitrogen and oxygen atoms in total. The van der Waals surface area contributed by atoms with Gasteiger partial charge < -0.3 is 20.6 Å². The third-order valence-corrected chi connectivity index (χ3v) is 8.25. The molecule has 1 aliphatic heterocycles. The van der Waals surface area contributed by atoms with Crippen LogP contribution in [0.2, 0.25) is 0 Å². The van der Waals surface area contributed by atoms with E-state index in [0.717, 1.165) is 43.7 Å². The molecule has 5 unspecified atom stereocenters. The van der Waals surface area contributed by atoms with Crippen LogP contribution in [0.3, 0.4) is 0 Å². The van der Waals surface area contributed by atoms with Gasteiger partial charge in [-0.05, 0) is 104 Å². The van der Waals surface area contributed by atoms with Crippen LogP contribution in [-0.2, 0) is 18.3 Å². The smallest absolute Gasteiger partial charge is 0.116 e. The van der Waals surface area contributed by atoms with Gasteiger partial charge >= 0.3 is 0 Å². The summed E-state index contributed by atoms with van der Waals surface area (Å²) >= 11 is 0. The predicted octanol–water partition coefficient (Wildman–Crippen LogP) is 3.05. The van der Waals surface area contributed by atoms with Crippen LogP contribution >= 0.6 is 0 Å². The summed E-state index contributed by atoms with van der Waals surface area (Å²) in [5.41, 5.74) is 2.44. The summed E-state index contributed by atoms with van der Waals surface area (Å²) in [5.74, 6) is 1.73. The minimum absolute atomic E-state index is 0.0402. The summed E-state index contributed by atoms with van der Waals surface area (Å²) in [5, 5.41) is 37.4. The Labute approximate surface area is 168 Å². The lowest BCUT2D eigenvalue weighted by Crippen LogP contribution is -2.74. The average molecular weight is 386 g/mol. The van der Waals surface area contributed by atoms with Crippen LogP contribution in [0.15, 0.2) is 12.1 Å². The van der Waals surface area contributed by atoms with Gasteiger partial charge in [0, 0.05) is 11.5 Å². The van der Waals surface area contributed by atoms with E-state index >= 15 is 0 Å². The van der Waals surface area contributed by atoms with Crippen molar-refractivity contribution in [2.24, 2.45) is 17.8 Å². The lowest BCUT2D eigenvalue weighted by atomic mass is 9.47. The molecule has 154 valence electrons. The van der Waals surface area contributed by atoms with Crippen molar-refractivity contribution in [3.05, 3.63) is 28.8 Å². The molecule has 1 heterocycles. The fourth-order valence-corrected chi connectivity index (χ4v) is 6.82. The third-order valence-electron chi connectivity index (χ3n) is 8.25. The van der Waals surface area contributed by atoms with E-state index in [1.807, 2.05) is 12.1 Å². The number of piperidine rings is 1. The van der Waals surface area contributed by atoms with Gasteiger partial charge in [0.2, 0.25) is 0 Å². The molecule has 0 radical (unpaired) electrons. The van der Waals surface area contributed by atoms with Gasteiger partial charge in [-0.25, -0.2) is 0 Å². The molecule has 5 rings (SSSR count). The summed E-state index contributed by atoms with van der Waals surface area (Å²) in [4.78, 5) is 0. The highest BCUT2D eigenvalue weighted by atomic mass is 16.3. The van der Waals surface area contributed by atoms with Crippen molar-refractivity contribution >= 4 is 0 Å². The molecule has 1 aromatic rings. The average Bonchev–Trinajstić information content (AvgIpc) is 3.40. The van der Waals surface area contributed by atoms with Gasteiger partial charge in [0.1, 0.15) is 5.75 Å². The van der Waals surface area contributed by atoms with E-state index in [-0.39, 0.29) is 18.1 Å². The Hall–Kier alpha value is -1.10. The number of benzene rings is 1. The Kier molecular flexibility index (Phi) is 4.35. The molecular weight excluding hydrogens is 350 g/mol. The standard InChI is InChI=1S/C24H35NO3/c1-14(2)7-17-12-24(28)22-11-19-16(8-15-3-4-15)9-18(26)10-20(19)23(24,5-6-25-22)13-21(17)27/h9-10,14-15,17,21-22,25-28H,3-8,11-13H2,1-2H3. The van der Waals surface area contributed by atoms with E-state index in [4.69, 9.17) is 0 Å². The molecule has 4 N–H and O–H groups in total. The third kappa shape index (κ3) is 2.75. The number of aliphatic hydroxyl groups is 2. The molecule has 4 heteroatoms. The molecule has 0 spiro atoms. The lowest BCUT2D eigenvalue weighted by molar-refractivity contribution is -0.168. The van der Waals surface area contributed by atoms with E-state index in [1.165, 1.54) is 24.0 Å². The fourth-order valence-electron chi connectivity index (χ4n) is 6.82. The first-order chi connectivity index (χ1) is 13.3. The highest BCUT2D eigenvalue weighted by Gasteiger charge is 2.64. The number of aromatic hydroxyl groups is 1. The maximum Gasteiger partial charge on any atom is 0.116 e. The van der Waals surface area contributed by atoms with Crippen molar-refractivity contribution in [1.82, 2.24) is 5.32 Å². The van der Waals surface area contributed by atoms with E-state index in [2.05, 4.69) is 19.2 Å². The number of phenolic OH excluding ortho intramolecular Hbond substituents is 1. The molecule has 2 saturated carbocycles. The first kappa shape index (κ1) is 18.9. The molecule has 5 atom stereocenters. The summed E-state index contributed by atoms with van der Waals surface area (Å²) in [6, 6.07) is 3.90. The van der Waals surface area contributed by atoms with Crippen LogP contribution in [0.1, 0.15) is 69.1 Å². The Bertz CT molecular complexity index is 773. The molecule has 0 aromatic heterocycles. The van der Waals surface area contributed by atoms with Gasteiger partial charge in [-0.3, -0.25) is 0 Å². The van der Waals surface area contributed by atoms with Crippen LogP contribution in [0.4, 0.5) is 0 Å². The zero-order valence-corrected chi connectivity index (χ0v) is 17.2. The van der Waals surface area contributed by atoms with Gasteiger partial charge in [0.15, 0.2) is 0 Å². The van der Waals surface area contributed by atoms with Crippen LogP contribution in [0.25, 0.3) is 0 Å². The van der Waals surface area contributed by atoms with Crippen molar-refractivity contribution in [2.45, 2.75) is 88.4 Å². The Morgan fingerprint density at radius 1 is 1.21 bits per heavy atom. The quantitative estimate of drug-likeness (QED) is 0.643. The topological polar surface area (TPSA) is 72.7 Å². The molecule has 1 aromatic carbocycles. The molecule has 3 fully saturated rings. The summed E-state index contributed by atoms with van der Waals surface area (Å²) in [7, 11) is 0. The number of hydrogen-bond acceptors (Lipinski definition) is 4. The number of fused-ring (bicyclic) bond motifs is 1. The summed E-state index contributed by atoms with van der Waals surface area (Å²) in [6.45, 7) is 5.25. The van der Waals surface area contributed by atoms with Crippen molar-refractivity contribution in [3.8, 4) is 5.75 Å². The molecule has 0 amide bonds. The molecule has 4 aliphatic rings. The number of phenols is 1. The first-order valence-corrected chi connectivity index (χ1v) is 11.3. The fraction of sp³-hybridized carbons (Fsp3) is 0.750. The van der Waals surface area contributed by atoms with Crippen LogP contribution in [-0.4, -0.2) is 39.6 Å². The highest BCUT2D eigenvalue weighted by Crippen LogP contribution is 2.59. The Morgan fingerprint density at radius 3 is 2.71 bits per heavy atom. The van der Waals surface area contributed by atoms with Crippen molar-refractivity contribution in [1.29, 1.82) is 0 Å². The van der Waals surface area contributed by atoms with Gasteiger partial charge in [0.05, 0.1) is 11.7 Å². The molecular formula is C24H35NO3. The van der Waals surface area contributed by atoms with Crippen molar-refractivity contribution in [2.75, 3.05) is 6.54 Å². The van der Waals surface area contributed by atoms with Crippen molar-refractivity contribution < 1.29 is 15.3 Å². The minimum Gasteiger partial charge on any atom is -0.508 e. The minimum atomic E-state index is -0.846. The molecule has 2 bridgehead atoms. The number of nitrogens with one attached hydrogen (secondary N) is 1. The van der Waals surface area contributed by atoms with Crippen LogP contribution in [0, 0.1) is 17.8 Å². The lowest BCUT2D eigenvalue weighted by Gasteiger charge is -2.63. The largest absolute Gasteiger partial charge is 0.508 e. The highest BCUT2D eigenvalue weighted by molar-refractivity contribution is 5.52. The van der Waals surface area contributed by atoms with Crippen LogP contribution < -0.4 is 5.32 Å². The van der Waals surface area contributed by atoms with Gasteiger partial charge in [-0.1, -0.05) is 13.8 Å². The van der Waals surface area contributed by atoms with E-state index in [9.17, 15) is 15.3 Å². The number of hydrogen-bond donors (Lipinski definition) is 4. The van der Waals surface area contributed by atoms with E-state index in [1.54, 1.807) is 0 Å². The van der Waals surface area contributed by atoms with Gasteiger partial charge in [-0.2, -0.15) is 0 Å². The SMILES string of the molecule is CC(C)CC1CC2(O)C3Cc4c(CC5CC5)cc(O)cc4C2(CCN3)CC1O. The van der Waals surface area contributed by atoms with E-state index < -0.39 is 11.0 Å². The zero-order chi connectivity index (χ0) is 19.7. The van der Waals surface area contributed by atoms with Gasteiger partial charge in [-0.15, -0.1) is 0 Å². The van der Waals surface area contributed by atoms with Gasteiger partial charge in [0.25, 0.3) is 0 Å². The first-order valence-electron chi connectivity index (χ1n) is 11.3. The molecule has 3 aliphatic carbocycles. The summed E-state index contributed by atoms with van der Waals surface area (Å²) < 4.78 is 0. The Morgan fingerprint density at radius 2 is 2.00 bits per heavy atom. The zero-order valence-electron chi connectivity index (χ0n) is 17.2. The second kappa shape index (κ2) is 6.45. The molecule has 1 saturated heterocycles. The normalized spacial score (nSPS) is 39.5. The Balaban J connectivity index is 1.61. The summed E-state index contributed by atoms with van der Waals surface area (Å²) in [6.07, 6.45) is 7.10. The number of aliphatic hydroxyl groups excluding tert-OH is 1. The van der Waals surface area contributed by atoms with Crippen LogP contribution in [0.5, 0.6) is 5.75 Å².